The minimum atomic E-state index is -4.53. The minimum Gasteiger partial charge on any atom is -0.370 e. The van der Waals surface area contributed by atoms with Crippen LogP contribution >= 0.6 is 0 Å². The van der Waals surface area contributed by atoms with Gasteiger partial charge in [0.2, 0.25) is 5.95 Å². The number of rotatable bonds is 5. The first-order chi connectivity index (χ1) is 13.1. The number of nitrogens with one attached hydrogen (secondary N) is 3. The first kappa shape index (κ1) is 19.5. The van der Waals surface area contributed by atoms with E-state index < -0.39 is 17.3 Å². The molecule has 0 saturated heterocycles. The van der Waals surface area contributed by atoms with Crippen LogP contribution in [-0.2, 0) is 11.7 Å². The molecule has 8 nitrogen and oxygen atoms in total. The Morgan fingerprint density at radius 3 is 2.61 bits per heavy atom. The van der Waals surface area contributed by atoms with Gasteiger partial charge in [0.15, 0.2) is 0 Å². The monoisotopic (exact) mass is 392 g/mol. The van der Waals surface area contributed by atoms with E-state index in [-0.39, 0.29) is 22.8 Å². The highest BCUT2D eigenvalue weighted by Crippen LogP contribution is 2.37. The number of aryl methyl sites for hydroxylation is 1. The maximum absolute atomic E-state index is 13.3. The molecule has 0 spiro atoms. The van der Waals surface area contributed by atoms with Gasteiger partial charge >= 0.3 is 6.18 Å². The van der Waals surface area contributed by atoms with Crippen molar-refractivity contribution in [3.05, 3.63) is 23.7 Å². The summed E-state index contributed by atoms with van der Waals surface area (Å²) in [4.78, 5) is 10.9. The van der Waals surface area contributed by atoms with E-state index in [0.717, 1.165) is 6.20 Å². The first-order valence-electron chi connectivity index (χ1n) is 8.52. The van der Waals surface area contributed by atoms with E-state index in [2.05, 4.69) is 36.8 Å². The third kappa shape index (κ3) is 3.45. The number of aromatic nitrogens is 5. The van der Waals surface area contributed by atoms with Crippen LogP contribution in [0, 0.1) is 18.3 Å². The highest BCUT2D eigenvalue weighted by Gasteiger charge is 2.35. The summed E-state index contributed by atoms with van der Waals surface area (Å²) in [5.41, 5.74) is -0.481. The average Bonchev–Trinajstić information content (AvgIpc) is 3.20. The molecule has 28 heavy (non-hydrogen) atoms. The third-order valence-corrected chi connectivity index (χ3v) is 4.17. The van der Waals surface area contributed by atoms with Gasteiger partial charge in [0.25, 0.3) is 0 Å². The number of hydrogen-bond donors (Lipinski definition) is 3. The number of aromatic amines is 1. The summed E-state index contributed by atoms with van der Waals surface area (Å²) in [5, 5.41) is 19.3. The molecule has 0 aliphatic rings. The fourth-order valence-corrected chi connectivity index (χ4v) is 2.65. The van der Waals surface area contributed by atoms with E-state index in [1.807, 2.05) is 0 Å². The Hall–Kier alpha value is -3.29. The van der Waals surface area contributed by atoms with Gasteiger partial charge in [-0.15, -0.1) is 0 Å². The van der Waals surface area contributed by atoms with Gasteiger partial charge < -0.3 is 15.6 Å². The van der Waals surface area contributed by atoms with Crippen LogP contribution in [0.3, 0.4) is 0 Å². The van der Waals surface area contributed by atoms with Gasteiger partial charge in [-0.05, 0) is 27.7 Å². The van der Waals surface area contributed by atoms with Crippen LogP contribution in [-0.4, -0.2) is 31.3 Å². The second-order valence-corrected chi connectivity index (χ2v) is 6.72. The predicted molar refractivity (Wildman–Crippen MR) is 98.2 cm³/mol. The molecule has 148 valence electrons. The number of nitrogens with zero attached hydrogens (tertiary/aromatic N) is 5. The lowest BCUT2D eigenvalue weighted by Crippen LogP contribution is -2.24. The van der Waals surface area contributed by atoms with Gasteiger partial charge in [-0.1, -0.05) is 0 Å². The molecule has 3 aromatic heterocycles. The lowest BCUT2D eigenvalue weighted by molar-refractivity contribution is -0.136. The molecule has 0 amide bonds. The second kappa shape index (κ2) is 6.70. The zero-order valence-corrected chi connectivity index (χ0v) is 15.7. The molecule has 3 N–H and O–H groups in total. The summed E-state index contributed by atoms with van der Waals surface area (Å²) < 4.78 is 41.3. The normalized spacial score (nSPS) is 12.2. The fraction of sp³-hybridized carbons (Fsp3) is 0.412. The molecule has 0 aliphatic carbocycles. The van der Waals surface area contributed by atoms with Gasteiger partial charge in [0.05, 0.1) is 34.6 Å². The molecule has 0 aromatic carbocycles. The molecule has 11 heteroatoms. The Morgan fingerprint density at radius 1 is 1.29 bits per heavy atom. The number of hydrogen-bond acceptors (Lipinski definition) is 6. The Kier molecular flexibility index (Phi) is 4.66. The van der Waals surface area contributed by atoms with Crippen molar-refractivity contribution in [1.29, 1.82) is 5.26 Å². The molecule has 3 heterocycles. The van der Waals surface area contributed by atoms with E-state index in [4.69, 9.17) is 0 Å². The summed E-state index contributed by atoms with van der Waals surface area (Å²) in [6, 6.07) is 2.15. The number of alkyl halides is 3. The maximum atomic E-state index is 13.3. The van der Waals surface area contributed by atoms with Gasteiger partial charge in [-0.2, -0.15) is 33.5 Å². The highest BCUT2D eigenvalue weighted by atomic mass is 19.4. The number of H-pyrrole nitrogens is 1. The summed E-state index contributed by atoms with van der Waals surface area (Å²) in [6.45, 7) is 7.33. The van der Waals surface area contributed by atoms with Gasteiger partial charge in [0.1, 0.15) is 17.0 Å². The Labute approximate surface area is 158 Å². The van der Waals surface area contributed by atoms with E-state index >= 15 is 0 Å². The summed E-state index contributed by atoms with van der Waals surface area (Å²) >= 11 is 0. The largest absolute Gasteiger partial charge is 0.418 e. The quantitative estimate of drug-likeness (QED) is 0.608. The average molecular weight is 392 g/mol. The van der Waals surface area contributed by atoms with E-state index in [0.29, 0.717) is 17.9 Å². The van der Waals surface area contributed by atoms with Crippen molar-refractivity contribution in [3.8, 4) is 6.07 Å². The smallest absolute Gasteiger partial charge is 0.370 e. The number of fused-ring (bicyclic) bond motifs is 1. The highest BCUT2D eigenvalue weighted by molar-refractivity contribution is 5.92. The molecule has 3 aromatic rings. The Bertz CT molecular complexity index is 1050. The second-order valence-electron chi connectivity index (χ2n) is 6.72. The zero-order chi connectivity index (χ0) is 20.7. The van der Waals surface area contributed by atoms with Crippen molar-refractivity contribution in [2.24, 2.45) is 0 Å². The molecule has 0 bridgehead atoms. The molecule has 0 saturated carbocycles. The number of nitriles is 1. The Morgan fingerprint density at radius 2 is 2.00 bits per heavy atom. The molecule has 0 aliphatic heterocycles. The van der Waals surface area contributed by atoms with Gasteiger partial charge in [-0.3, -0.25) is 4.68 Å². The molecular formula is C17H19F3N8. The summed E-state index contributed by atoms with van der Waals surface area (Å²) in [7, 11) is 0. The Balaban J connectivity index is 2.05. The topological polar surface area (TPSA) is 107 Å². The van der Waals surface area contributed by atoms with Crippen molar-refractivity contribution < 1.29 is 13.2 Å². The third-order valence-electron chi connectivity index (χ3n) is 4.17. The maximum Gasteiger partial charge on any atom is 0.418 e. The van der Waals surface area contributed by atoms with Crippen molar-refractivity contribution in [2.45, 2.75) is 39.4 Å². The van der Waals surface area contributed by atoms with Crippen molar-refractivity contribution in [1.82, 2.24) is 24.7 Å². The van der Waals surface area contributed by atoms with E-state index in [9.17, 15) is 18.4 Å². The molecule has 0 unspecified atom stereocenters. The predicted octanol–water partition coefficient (Wildman–Crippen LogP) is 3.92. The molecular weight excluding hydrogens is 373 g/mol. The number of anilines is 3. The van der Waals surface area contributed by atoms with Gasteiger partial charge in [0, 0.05) is 12.7 Å². The first-order valence-corrected chi connectivity index (χ1v) is 8.52. The zero-order valence-electron chi connectivity index (χ0n) is 15.7. The number of halogens is 3. The minimum absolute atomic E-state index is 0.0585. The molecule has 0 atom stereocenters. The SMILES string of the molecule is CCNc1nc(Nc2cn(C(C)(C)C#N)nc2C)nc2[nH]cc(C(F)(F)F)c12. The van der Waals surface area contributed by atoms with Crippen LogP contribution in [0.5, 0.6) is 0 Å². The van der Waals surface area contributed by atoms with Crippen LogP contribution in [0.25, 0.3) is 11.0 Å². The van der Waals surface area contributed by atoms with Crippen molar-refractivity contribution >= 4 is 28.5 Å². The molecule has 0 radical (unpaired) electrons. The standard InChI is InChI=1S/C17H19F3N8/c1-5-22-13-12-10(17(18,19)20)6-23-14(12)26-15(25-13)24-11-7-28(27-9(11)2)16(3,4)8-21/h6-7H,5H2,1-4H3,(H3,22,23,24,25,26). The van der Waals surface area contributed by atoms with Crippen LogP contribution < -0.4 is 10.6 Å². The fourth-order valence-electron chi connectivity index (χ4n) is 2.65. The van der Waals surface area contributed by atoms with Crippen LogP contribution in [0.4, 0.5) is 30.6 Å². The lowest BCUT2D eigenvalue weighted by Gasteiger charge is -2.15. The van der Waals surface area contributed by atoms with Crippen molar-refractivity contribution in [2.75, 3.05) is 17.2 Å². The van der Waals surface area contributed by atoms with Crippen LogP contribution in [0.2, 0.25) is 0 Å². The molecule has 0 fully saturated rings. The lowest BCUT2D eigenvalue weighted by atomic mass is 10.1. The molecule has 3 rings (SSSR count). The van der Waals surface area contributed by atoms with E-state index in [1.54, 1.807) is 33.9 Å². The summed E-state index contributed by atoms with van der Waals surface area (Å²) in [6.07, 6.45) is -2.01. The van der Waals surface area contributed by atoms with E-state index in [1.165, 1.54) is 4.68 Å². The van der Waals surface area contributed by atoms with Crippen LogP contribution in [0.15, 0.2) is 12.4 Å². The van der Waals surface area contributed by atoms with Crippen molar-refractivity contribution in [3.63, 3.8) is 0 Å². The van der Waals surface area contributed by atoms with Gasteiger partial charge in [-0.25, -0.2) is 0 Å². The van der Waals surface area contributed by atoms with Crippen LogP contribution in [0.1, 0.15) is 32.0 Å². The summed E-state index contributed by atoms with van der Waals surface area (Å²) in [5.74, 6) is 0.183.